The molecule has 8 heteroatoms. The summed E-state index contributed by atoms with van der Waals surface area (Å²) in [6, 6.07) is 5.22. The van der Waals surface area contributed by atoms with Crippen molar-refractivity contribution in [2.45, 2.75) is 26.3 Å². The van der Waals surface area contributed by atoms with Crippen LogP contribution in [0.15, 0.2) is 24.4 Å². The summed E-state index contributed by atoms with van der Waals surface area (Å²) >= 11 is 0. The molecule has 0 aliphatic carbocycles. The van der Waals surface area contributed by atoms with Crippen LogP contribution in [0.2, 0.25) is 0 Å². The van der Waals surface area contributed by atoms with E-state index in [9.17, 15) is 13.2 Å². The minimum absolute atomic E-state index is 0.0592. The van der Waals surface area contributed by atoms with Crippen LogP contribution < -0.4 is 10.0 Å². The number of sulfonamides is 1. The van der Waals surface area contributed by atoms with Crippen LogP contribution in [-0.2, 0) is 10.0 Å². The lowest BCUT2D eigenvalue weighted by molar-refractivity contribution is 0.193. The van der Waals surface area contributed by atoms with E-state index in [0.717, 1.165) is 5.69 Å². The molecule has 1 aromatic rings. The maximum absolute atomic E-state index is 12.0. The van der Waals surface area contributed by atoms with Gasteiger partial charge in [-0.3, -0.25) is 4.98 Å². The number of hydrogen-bond donors (Lipinski definition) is 2. The SMILES string of the molecule is CCS(=O)(=O)NCCCNC(=O)N(C)[C@@H](C)c1ccccn1. The summed E-state index contributed by atoms with van der Waals surface area (Å²) in [6.45, 7) is 4.20. The summed E-state index contributed by atoms with van der Waals surface area (Å²) in [5, 5.41) is 2.76. The van der Waals surface area contributed by atoms with Gasteiger partial charge in [0, 0.05) is 26.3 Å². The molecule has 1 rings (SSSR count). The summed E-state index contributed by atoms with van der Waals surface area (Å²) in [6.07, 6.45) is 2.23. The van der Waals surface area contributed by atoms with E-state index in [1.165, 1.54) is 0 Å². The first kappa shape index (κ1) is 18.4. The number of carbonyl (C=O) groups is 1. The van der Waals surface area contributed by atoms with Crippen molar-refractivity contribution in [1.29, 1.82) is 0 Å². The van der Waals surface area contributed by atoms with Crippen molar-refractivity contribution in [2.75, 3.05) is 25.9 Å². The van der Waals surface area contributed by atoms with Crippen molar-refractivity contribution >= 4 is 16.1 Å². The van der Waals surface area contributed by atoms with Gasteiger partial charge < -0.3 is 10.2 Å². The highest BCUT2D eigenvalue weighted by Gasteiger charge is 2.17. The molecule has 0 aromatic carbocycles. The molecular formula is C14H24N4O3S. The molecule has 1 heterocycles. The van der Waals surface area contributed by atoms with Crippen LogP contribution in [0.3, 0.4) is 0 Å². The minimum atomic E-state index is -3.17. The van der Waals surface area contributed by atoms with Crippen LogP contribution >= 0.6 is 0 Å². The van der Waals surface area contributed by atoms with Crippen LogP contribution in [0, 0.1) is 0 Å². The molecule has 0 saturated heterocycles. The van der Waals surface area contributed by atoms with Gasteiger partial charge in [0.05, 0.1) is 17.5 Å². The maximum Gasteiger partial charge on any atom is 0.317 e. The zero-order valence-corrected chi connectivity index (χ0v) is 14.1. The number of urea groups is 1. The largest absolute Gasteiger partial charge is 0.338 e. The Kier molecular flexibility index (Phi) is 7.26. The molecule has 0 bridgehead atoms. The second-order valence-electron chi connectivity index (χ2n) is 4.92. The molecule has 0 aliphatic rings. The molecular weight excluding hydrogens is 304 g/mol. The van der Waals surface area contributed by atoms with Gasteiger partial charge in [-0.15, -0.1) is 0 Å². The number of amides is 2. The third kappa shape index (κ3) is 5.98. The van der Waals surface area contributed by atoms with E-state index in [1.54, 1.807) is 25.1 Å². The first-order valence-electron chi connectivity index (χ1n) is 7.26. The molecule has 2 N–H and O–H groups in total. The van der Waals surface area contributed by atoms with Gasteiger partial charge in [-0.25, -0.2) is 17.9 Å². The second kappa shape index (κ2) is 8.70. The number of carbonyl (C=O) groups excluding carboxylic acids is 1. The summed E-state index contributed by atoms with van der Waals surface area (Å²) in [5.74, 6) is 0.0592. The molecule has 7 nitrogen and oxygen atoms in total. The van der Waals surface area contributed by atoms with Gasteiger partial charge in [-0.1, -0.05) is 6.07 Å². The van der Waals surface area contributed by atoms with Gasteiger partial charge in [-0.05, 0) is 32.4 Å². The summed E-state index contributed by atoms with van der Waals surface area (Å²) in [5.41, 5.74) is 0.816. The Labute approximate surface area is 132 Å². The third-order valence-corrected chi connectivity index (χ3v) is 4.75. The van der Waals surface area contributed by atoms with Crippen molar-refractivity contribution in [1.82, 2.24) is 19.9 Å². The minimum Gasteiger partial charge on any atom is -0.338 e. The van der Waals surface area contributed by atoms with E-state index in [2.05, 4.69) is 15.0 Å². The zero-order valence-electron chi connectivity index (χ0n) is 13.2. The molecule has 0 radical (unpaired) electrons. The van der Waals surface area contributed by atoms with Gasteiger partial charge in [0.15, 0.2) is 0 Å². The molecule has 0 unspecified atom stereocenters. The number of nitrogens with zero attached hydrogens (tertiary/aromatic N) is 2. The summed E-state index contributed by atoms with van der Waals surface area (Å²) in [7, 11) is -1.46. The molecule has 124 valence electrons. The van der Waals surface area contributed by atoms with Crippen LogP contribution in [0.5, 0.6) is 0 Å². The van der Waals surface area contributed by atoms with Crippen molar-refractivity contribution in [3.05, 3.63) is 30.1 Å². The van der Waals surface area contributed by atoms with Gasteiger partial charge in [0.25, 0.3) is 0 Å². The Bertz CT molecular complexity index is 563. The standard InChI is InChI=1S/C14H24N4O3S/c1-4-22(20,21)17-11-7-10-16-14(19)18(3)12(2)13-8-5-6-9-15-13/h5-6,8-9,12,17H,4,7,10-11H2,1-3H3,(H,16,19)/t12-/m0/s1. The van der Waals surface area contributed by atoms with E-state index in [1.807, 2.05) is 25.1 Å². The van der Waals surface area contributed by atoms with E-state index < -0.39 is 10.0 Å². The lowest BCUT2D eigenvalue weighted by Crippen LogP contribution is -2.40. The Balaban J connectivity index is 2.33. The van der Waals surface area contributed by atoms with Crippen molar-refractivity contribution in [3.8, 4) is 0 Å². The Morgan fingerprint density at radius 2 is 2.09 bits per heavy atom. The smallest absolute Gasteiger partial charge is 0.317 e. The topological polar surface area (TPSA) is 91.4 Å². The highest BCUT2D eigenvalue weighted by atomic mass is 32.2. The van der Waals surface area contributed by atoms with Crippen molar-refractivity contribution in [3.63, 3.8) is 0 Å². The van der Waals surface area contributed by atoms with Crippen LogP contribution in [0.25, 0.3) is 0 Å². The highest BCUT2D eigenvalue weighted by molar-refractivity contribution is 7.89. The first-order chi connectivity index (χ1) is 10.4. The number of rotatable bonds is 8. The number of aromatic nitrogens is 1. The lowest BCUT2D eigenvalue weighted by Gasteiger charge is -2.24. The molecule has 0 saturated carbocycles. The average molecular weight is 328 g/mol. The lowest BCUT2D eigenvalue weighted by atomic mass is 10.2. The molecule has 0 spiro atoms. The Morgan fingerprint density at radius 1 is 1.36 bits per heavy atom. The van der Waals surface area contributed by atoms with Gasteiger partial charge in [-0.2, -0.15) is 0 Å². The van der Waals surface area contributed by atoms with Crippen molar-refractivity contribution in [2.24, 2.45) is 0 Å². The van der Waals surface area contributed by atoms with E-state index >= 15 is 0 Å². The van der Waals surface area contributed by atoms with E-state index in [0.29, 0.717) is 19.5 Å². The average Bonchev–Trinajstić information content (AvgIpc) is 2.53. The molecule has 22 heavy (non-hydrogen) atoms. The van der Waals surface area contributed by atoms with Gasteiger partial charge in [0.1, 0.15) is 0 Å². The summed E-state index contributed by atoms with van der Waals surface area (Å²) < 4.78 is 24.9. The van der Waals surface area contributed by atoms with Crippen LogP contribution in [0.1, 0.15) is 32.0 Å². The molecule has 0 fully saturated rings. The monoisotopic (exact) mass is 328 g/mol. The molecule has 1 aromatic heterocycles. The predicted molar refractivity (Wildman–Crippen MR) is 85.9 cm³/mol. The molecule has 2 amide bonds. The number of pyridine rings is 1. The first-order valence-corrected chi connectivity index (χ1v) is 8.91. The normalized spacial score (nSPS) is 12.7. The highest BCUT2D eigenvalue weighted by Crippen LogP contribution is 2.15. The fourth-order valence-corrected chi connectivity index (χ4v) is 2.39. The number of nitrogens with one attached hydrogen (secondary N) is 2. The van der Waals surface area contributed by atoms with Crippen LogP contribution in [0.4, 0.5) is 4.79 Å². The Hall–Kier alpha value is -1.67. The Morgan fingerprint density at radius 3 is 2.68 bits per heavy atom. The molecule has 1 atom stereocenters. The quantitative estimate of drug-likeness (QED) is 0.699. The fraction of sp³-hybridized carbons (Fsp3) is 0.571. The predicted octanol–water partition coefficient (Wildman–Crippen LogP) is 1.11. The van der Waals surface area contributed by atoms with Crippen molar-refractivity contribution < 1.29 is 13.2 Å². The molecule has 0 aliphatic heterocycles. The zero-order chi connectivity index (χ0) is 16.6. The van der Waals surface area contributed by atoms with Gasteiger partial charge >= 0.3 is 6.03 Å². The maximum atomic E-state index is 12.0. The number of hydrogen-bond acceptors (Lipinski definition) is 4. The van der Waals surface area contributed by atoms with E-state index in [-0.39, 0.29) is 17.8 Å². The van der Waals surface area contributed by atoms with Crippen LogP contribution in [-0.4, -0.2) is 50.2 Å². The fourth-order valence-electron chi connectivity index (χ4n) is 1.74. The summed E-state index contributed by atoms with van der Waals surface area (Å²) in [4.78, 5) is 17.8. The van der Waals surface area contributed by atoms with E-state index in [4.69, 9.17) is 0 Å². The third-order valence-electron chi connectivity index (χ3n) is 3.35. The second-order valence-corrected chi connectivity index (χ2v) is 7.02. The van der Waals surface area contributed by atoms with Gasteiger partial charge in [0.2, 0.25) is 10.0 Å².